The fourth-order valence-electron chi connectivity index (χ4n) is 3.95. The van der Waals surface area contributed by atoms with Crippen LogP contribution in [0.2, 0.25) is 0 Å². The zero-order valence-corrected chi connectivity index (χ0v) is 16.2. The molecule has 5 nitrogen and oxygen atoms in total. The van der Waals surface area contributed by atoms with Gasteiger partial charge in [-0.25, -0.2) is 0 Å². The third kappa shape index (κ3) is 5.12. The van der Waals surface area contributed by atoms with E-state index in [1.54, 1.807) is 0 Å². The number of aryl methyl sites for hydroxylation is 2. The number of carbonyl (C=O) groups is 1. The average Bonchev–Trinajstić information content (AvgIpc) is 3.20. The summed E-state index contributed by atoms with van der Waals surface area (Å²) in [5.74, 6) is 0.669. The second-order valence-electron chi connectivity index (χ2n) is 7.59. The Morgan fingerprint density at radius 3 is 2.89 bits per heavy atom. The minimum Gasteiger partial charge on any atom is -0.484 e. The molecule has 2 aromatic rings. The van der Waals surface area contributed by atoms with Crippen LogP contribution in [0.1, 0.15) is 23.1 Å². The molecule has 1 aliphatic carbocycles. The predicted molar refractivity (Wildman–Crippen MR) is 108 cm³/mol. The SMILES string of the molecule is O=C(COc1ccc2c(c1)CCC2)NCC1CN(Cc2ccccc2)CCO1. The summed E-state index contributed by atoms with van der Waals surface area (Å²) in [6.45, 7) is 3.90. The van der Waals surface area contributed by atoms with Crippen LogP contribution in [-0.4, -0.2) is 49.8 Å². The molecule has 2 aliphatic rings. The number of nitrogens with zero attached hydrogens (tertiary/aromatic N) is 1. The molecule has 148 valence electrons. The molecular weight excluding hydrogens is 352 g/mol. The third-order valence-electron chi connectivity index (χ3n) is 5.44. The molecule has 1 N–H and O–H groups in total. The van der Waals surface area contributed by atoms with Crippen molar-refractivity contribution in [3.8, 4) is 5.75 Å². The Morgan fingerprint density at radius 1 is 1.14 bits per heavy atom. The van der Waals surface area contributed by atoms with Gasteiger partial charge < -0.3 is 14.8 Å². The number of hydrogen-bond acceptors (Lipinski definition) is 4. The van der Waals surface area contributed by atoms with Gasteiger partial charge in [-0.05, 0) is 48.1 Å². The van der Waals surface area contributed by atoms with Crippen molar-refractivity contribution in [3.63, 3.8) is 0 Å². The molecule has 1 aliphatic heterocycles. The van der Waals surface area contributed by atoms with E-state index < -0.39 is 0 Å². The predicted octanol–water partition coefficient (Wildman–Crippen LogP) is 2.57. The summed E-state index contributed by atoms with van der Waals surface area (Å²) in [6.07, 6.45) is 3.49. The summed E-state index contributed by atoms with van der Waals surface area (Å²) in [5.41, 5.74) is 4.06. The van der Waals surface area contributed by atoms with Gasteiger partial charge in [0.25, 0.3) is 5.91 Å². The lowest BCUT2D eigenvalue weighted by atomic mass is 10.1. The summed E-state index contributed by atoms with van der Waals surface area (Å²) in [5, 5.41) is 2.94. The Labute approximate surface area is 166 Å². The van der Waals surface area contributed by atoms with Crippen LogP contribution in [0.4, 0.5) is 0 Å². The normalized spacial score (nSPS) is 19.2. The fraction of sp³-hybridized carbons (Fsp3) is 0.435. The van der Waals surface area contributed by atoms with Gasteiger partial charge in [-0.3, -0.25) is 9.69 Å². The van der Waals surface area contributed by atoms with Crippen LogP contribution in [0.25, 0.3) is 0 Å². The number of nitrogens with one attached hydrogen (secondary N) is 1. The summed E-state index contributed by atoms with van der Waals surface area (Å²) in [4.78, 5) is 14.5. The maximum absolute atomic E-state index is 12.2. The van der Waals surface area contributed by atoms with E-state index in [1.165, 1.54) is 23.1 Å². The van der Waals surface area contributed by atoms with Crippen molar-refractivity contribution >= 4 is 5.91 Å². The second kappa shape index (κ2) is 9.22. The molecule has 28 heavy (non-hydrogen) atoms. The Balaban J connectivity index is 1.19. The lowest BCUT2D eigenvalue weighted by Crippen LogP contribution is -2.47. The average molecular weight is 380 g/mol. The highest BCUT2D eigenvalue weighted by atomic mass is 16.5. The van der Waals surface area contributed by atoms with Gasteiger partial charge in [-0.15, -0.1) is 0 Å². The third-order valence-corrected chi connectivity index (χ3v) is 5.44. The summed E-state index contributed by atoms with van der Waals surface area (Å²) in [6, 6.07) is 16.6. The summed E-state index contributed by atoms with van der Waals surface area (Å²) < 4.78 is 11.5. The number of morpholine rings is 1. The lowest BCUT2D eigenvalue weighted by molar-refractivity contribution is -0.124. The number of fused-ring (bicyclic) bond motifs is 1. The molecule has 0 spiro atoms. The standard InChI is InChI=1S/C23H28N2O3/c26-23(17-28-21-10-9-19-7-4-8-20(19)13-21)24-14-22-16-25(11-12-27-22)15-18-5-2-1-3-6-18/h1-3,5-6,9-10,13,22H,4,7-8,11-12,14-17H2,(H,24,26). The molecule has 0 bridgehead atoms. The first-order valence-electron chi connectivity index (χ1n) is 10.2. The van der Waals surface area contributed by atoms with Crippen molar-refractivity contribution in [3.05, 3.63) is 65.2 Å². The van der Waals surface area contributed by atoms with Gasteiger partial charge in [0.2, 0.25) is 0 Å². The maximum Gasteiger partial charge on any atom is 0.258 e. The van der Waals surface area contributed by atoms with Crippen molar-refractivity contribution in [2.75, 3.05) is 32.8 Å². The number of carbonyl (C=O) groups excluding carboxylic acids is 1. The van der Waals surface area contributed by atoms with Gasteiger partial charge >= 0.3 is 0 Å². The molecule has 1 unspecified atom stereocenters. The molecule has 1 atom stereocenters. The summed E-state index contributed by atoms with van der Waals surface area (Å²) in [7, 11) is 0. The fourth-order valence-corrected chi connectivity index (χ4v) is 3.95. The number of rotatable bonds is 7. The smallest absolute Gasteiger partial charge is 0.258 e. The highest BCUT2D eigenvalue weighted by molar-refractivity contribution is 5.77. The minimum absolute atomic E-state index is 0.0152. The van der Waals surface area contributed by atoms with Crippen LogP contribution in [0.3, 0.4) is 0 Å². The highest BCUT2D eigenvalue weighted by Gasteiger charge is 2.21. The Hall–Kier alpha value is -2.37. The first-order valence-corrected chi connectivity index (χ1v) is 10.2. The minimum atomic E-state index is -0.107. The molecule has 5 heteroatoms. The molecule has 0 aromatic heterocycles. The van der Waals surface area contributed by atoms with E-state index in [2.05, 4.69) is 46.6 Å². The molecule has 2 aromatic carbocycles. The molecule has 1 heterocycles. The van der Waals surface area contributed by atoms with E-state index in [9.17, 15) is 4.79 Å². The zero-order valence-electron chi connectivity index (χ0n) is 16.2. The highest BCUT2D eigenvalue weighted by Crippen LogP contribution is 2.25. The van der Waals surface area contributed by atoms with Gasteiger partial charge in [0.1, 0.15) is 5.75 Å². The van der Waals surface area contributed by atoms with E-state index in [4.69, 9.17) is 9.47 Å². The molecule has 1 saturated heterocycles. The van der Waals surface area contributed by atoms with Crippen LogP contribution in [0, 0.1) is 0 Å². The molecule has 1 amide bonds. The quantitative estimate of drug-likeness (QED) is 0.802. The topological polar surface area (TPSA) is 50.8 Å². The monoisotopic (exact) mass is 380 g/mol. The molecule has 1 fully saturated rings. The number of hydrogen-bond donors (Lipinski definition) is 1. The number of ether oxygens (including phenoxy) is 2. The molecular formula is C23H28N2O3. The van der Waals surface area contributed by atoms with Crippen molar-refractivity contribution in [2.45, 2.75) is 31.9 Å². The van der Waals surface area contributed by atoms with Crippen molar-refractivity contribution in [2.24, 2.45) is 0 Å². The molecule has 4 rings (SSSR count). The van der Waals surface area contributed by atoms with Crippen LogP contribution in [0.15, 0.2) is 48.5 Å². The lowest BCUT2D eigenvalue weighted by Gasteiger charge is -2.33. The maximum atomic E-state index is 12.2. The molecule has 0 radical (unpaired) electrons. The van der Waals surface area contributed by atoms with Gasteiger partial charge in [0, 0.05) is 26.2 Å². The van der Waals surface area contributed by atoms with E-state index >= 15 is 0 Å². The van der Waals surface area contributed by atoms with E-state index in [-0.39, 0.29) is 18.6 Å². The molecule has 0 saturated carbocycles. The van der Waals surface area contributed by atoms with Gasteiger partial charge in [0.15, 0.2) is 6.61 Å². The van der Waals surface area contributed by atoms with Crippen molar-refractivity contribution in [1.82, 2.24) is 10.2 Å². The van der Waals surface area contributed by atoms with Gasteiger partial charge in [-0.1, -0.05) is 36.4 Å². The van der Waals surface area contributed by atoms with Crippen molar-refractivity contribution < 1.29 is 14.3 Å². The van der Waals surface area contributed by atoms with Gasteiger partial charge in [-0.2, -0.15) is 0 Å². The first kappa shape index (κ1) is 19.0. The van der Waals surface area contributed by atoms with E-state index in [0.29, 0.717) is 13.2 Å². The van der Waals surface area contributed by atoms with E-state index in [1.807, 2.05) is 12.1 Å². The second-order valence-corrected chi connectivity index (χ2v) is 7.59. The van der Waals surface area contributed by atoms with Crippen LogP contribution < -0.4 is 10.1 Å². The Kier molecular flexibility index (Phi) is 6.24. The van der Waals surface area contributed by atoms with Crippen LogP contribution in [-0.2, 0) is 28.9 Å². The number of benzene rings is 2. The van der Waals surface area contributed by atoms with E-state index in [0.717, 1.165) is 38.2 Å². The van der Waals surface area contributed by atoms with Crippen LogP contribution >= 0.6 is 0 Å². The van der Waals surface area contributed by atoms with Crippen molar-refractivity contribution in [1.29, 1.82) is 0 Å². The Bertz CT molecular complexity index is 794. The first-order chi connectivity index (χ1) is 13.8. The Morgan fingerprint density at radius 2 is 2.00 bits per heavy atom. The zero-order chi connectivity index (χ0) is 19.2. The largest absolute Gasteiger partial charge is 0.484 e. The number of amides is 1. The summed E-state index contributed by atoms with van der Waals surface area (Å²) >= 11 is 0. The van der Waals surface area contributed by atoms with Gasteiger partial charge in [0.05, 0.1) is 12.7 Å². The van der Waals surface area contributed by atoms with Crippen LogP contribution in [0.5, 0.6) is 5.75 Å².